The van der Waals surface area contributed by atoms with Crippen LogP contribution in [0.3, 0.4) is 0 Å². The first-order valence-corrected chi connectivity index (χ1v) is 8.92. The molecule has 1 fully saturated rings. The Bertz CT molecular complexity index is 671. The van der Waals surface area contributed by atoms with Gasteiger partial charge in [0.1, 0.15) is 11.5 Å². The number of carbonyl (C=O) groups excluding carboxylic acids is 1. The molecule has 2 N–H and O–H groups in total. The smallest absolute Gasteiger partial charge is 0.315 e. The van der Waals surface area contributed by atoms with Crippen LogP contribution in [0.15, 0.2) is 40.9 Å². The van der Waals surface area contributed by atoms with Gasteiger partial charge in [-0.05, 0) is 31.9 Å². The highest BCUT2D eigenvalue weighted by atomic mass is 16.5. The first kappa shape index (κ1) is 17.5. The highest BCUT2D eigenvalue weighted by Gasteiger charge is 2.22. The number of aromatic nitrogens is 1. The van der Waals surface area contributed by atoms with Crippen molar-refractivity contribution in [1.29, 1.82) is 0 Å². The van der Waals surface area contributed by atoms with E-state index in [0.29, 0.717) is 19.1 Å². The number of rotatable bonds is 6. The summed E-state index contributed by atoms with van der Waals surface area (Å²) in [4.78, 5) is 14.5. The molecule has 0 unspecified atom stereocenters. The normalized spacial score (nSPS) is 18.0. The van der Waals surface area contributed by atoms with E-state index in [-0.39, 0.29) is 6.03 Å². The van der Waals surface area contributed by atoms with Crippen molar-refractivity contribution >= 4 is 6.03 Å². The van der Waals surface area contributed by atoms with E-state index in [9.17, 15) is 4.79 Å². The lowest BCUT2D eigenvalue weighted by atomic mass is 10.0. The molecule has 1 atom stereocenters. The van der Waals surface area contributed by atoms with E-state index in [1.165, 1.54) is 18.4 Å². The van der Waals surface area contributed by atoms with Crippen LogP contribution < -0.4 is 10.6 Å². The van der Waals surface area contributed by atoms with Crippen LogP contribution in [0, 0.1) is 6.92 Å². The van der Waals surface area contributed by atoms with Gasteiger partial charge in [-0.3, -0.25) is 4.90 Å². The summed E-state index contributed by atoms with van der Waals surface area (Å²) in [6, 6.07) is 12.6. The Labute approximate surface area is 148 Å². The van der Waals surface area contributed by atoms with E-state index in [1.807, 2.05) is 19.1 Å². The number of benzene rings is 1. The monoisotopic (exact) mass is 342 g/mol. The molecule has 0 aliphatic carbocycles. The molecule has 0 bridgehead atoms. The third kappa shape index (κ3) is 5.32. The van der Waals surface area contributed by atoms with E-state index in [0.717, 1.165) is 31.0 Å². The van der Waals surface area contributed by atoms with Crippen molar-refractivity contribution in [2.75, 3.05) is 13.1 Å². The number of hydrogen-bond acceptors (Lipinski definition) is 4. The number of aryl methyl sites for hydroxylation is 1. The molecular formula is C19H26N4O2. The molecule has 0 spiro atoms. The third-order valence-corrected chi connectivity index (χ3v) is 4.58. The molecule has 1 aromatic carbocycles. The van der Waals surface area contributed by atoms with Crippen molar-refractivity contribution in [3.63, 3.8) is 0 Å². The number of carbonyl (C=O) groups is 1. The Morgan fingerprint density at radius 2 is 2.12 bits per heavy atom. The lowest BCUT2D eigenvalue weighted by Crippen LogP contribution is -2.48. The molecule has 25 heavy (non-hydrogen) atoms. The van der Waals surface area contributed by atoms with Gasteiger partial charge in [-0.25, -0.2) is 4.79 Å². The lowest BCUT2D eigenvalue weighted by molar-refractivity contribution is 0.138. The molecule has 1 saturated heterocycles. The minimum Gasteiger partial charge on any atom is -0.361 e. The SMILES string of the molecule is Cc1cc(CNC(=O)NC[C@@H]2CCCCN2Cc2ccccc2)no1. The van der Waals surface area contributed by atoms with Crippen LogP contribution in [0.5, 0.6) is 0 Å². The highest BCUT2D eigenvalue weighted by molar-refractivity contribution is 5.73. The van der Waals surface area contributed by atoms with Crippen LogP contribution in [0.2, 0.25) is 0 Å². The third-order valence-electron chi connectivity index (χ3n) is 4.58. The summed E-state index contributed by atoms with van der Waals surface area (Å²) >= 11 is 0. The Morgan fingerprint density at radius 3 is 2.88 bits per heavy atom. The van der Waals surface area contributed by atoms with Crippen LogP contribution in [-0.2, 0) is 13.1 Å². The Kier molecular flexibility index (Phi) is 6.06. The van der Waals surface area contributed by atoms with Crippen LogP contribution in [0.25, 0.3) is 0 Å². The van der Waals surface area contributed by atoms with Crippen LogP contribution in [0.4, 0.5) is 4.79 Å². The Hall–Kier alpha value is -2.34. The summed E-state index contributed by atoms with van der Waals surface area (Å²) in [6.07, 6.45) is 3.56. The molecule has 134 valence electrons. The van der Waals surface area contributed by atoms with Gasteiger partial charge < -0.3 is 15.2 Å². The van der Waals surface area contributed by atoms with E-state index in [1.54, 1.807) is 0 Å². The Morgan fingerprint density at radius 1 is 1.28 bits per heavy atom. The minimum atomic E-state index is -0.161. The number of piperidine rings is 1. The second-order valence-electron chi connectivity index (χ2n) is 6.60. The molecule has 2 aromatic rings. The summed E-state index contributed by atoms with van der Waals surface area (Å²) in [5, 5.41) is 9.69. The predicted octanol–water partition coefficient (Wildman–Crippen LogP) is 2.84. The molecule has 1 aromatic heterocycles. The molecule has 1 aliphatic rings. The van der Waals surface area contributed by atoms with E-state index < -0.39 is 0 Å². The summed E-state index contributed by atoms with van der Waals surface area (Å²) in [5.41, 5.74) is 2.05. The molecule has 3 rings (SSSR count). The maximum absolute atomic E-state index is 12.0. The first-order chi connectivity index (χ1) is 12.2. The summed E-state index contributed by atoms with van der Waals surface area (Å²) in [6.45, 7) is 4.90. The lowest BCUT2D eigenvalue weighted by Gasteiger charge is -2.35. The van der Waals surface area contributed by atoms with Crippen molar-refractivity contribution in [1.82, 2.24) is 20.7 Å². The highest BCUT2D eigenvalue weighted by Crippen LogP contribution is 2.19. The van der Waals surface area contributed by atoms with E-state index in [4.69, 9.17) is 4.52 Å². The maximum Gasteiger partial charge on any atom is 0.315 e. The van der Waals surface area contributed by atoms with Crippen molar-refractivity contribution in [2.45, 2.75) is 45.3 Å². The van der Waals surface area contributed by atoms with Crippen molar-refractivity contribution in [3.05, 3.63) is 53.4 Å². The van der Waals surface area contributed by atoms with Crippen molar-refractivity contribution < 1.29 is 9.32 Å². The van der Waals surface area contributed by atoms with Gasteiger partial charge in [-0.2, -0.15) is 0 Å². The second-order valence-corrected chi connectivity index (χ2v) is 6.60. The van der Waals surface area contributed by atoms with Gasteiger partial charge >= 0.3 is 6.03 Å². The van der Waals surface area contributed by atoms with Gasteiger partial charge in [-0.15, -0.1) is 0 Å². The van der Waals surface area contributed by atoms with Gasteiger partial charge in [0, 0.05) is 25.2 Å². The fourth-order valence-corrected chi connectivity index (χ4v) is 3.26. The summed E-state index contributed by atoms with van der Waals surface area (Å²) in [7, 11) is 0. The number of likely N-dealkylation sites (tertiary alicyclic amines) is 1. The average Bonchev–Trinajstić information content (AvgIpc) is 3.05. The topological polar surface area (TPSA) is 70.4 Å². The number of nitrogens with zero attached hydrogens (tertiary/aromatic N) is 2. The number of amides is 2. The Balaban J connectivity index is 1.45. The van der Waals surface area contributed by atoms with Crippen LogP contribution in [-0.4, -0.2) is 35.2 Å². The molecule has 2 amide bonds. The zero-order valence-corrected chi connectivity index (χ0v) is 14.7. The number of urea groups is 1. The standard InChI is InChI=1S/C19H26N4O2/c1-15-11-17(22-25-15)12-20-19(24)21-13-18-9-5-6-10-23(18)14-16-7-3-2-4-8-16/h2-4,7-8,11,18H,5-6,9-10,12-14H2,1H3,(H2,20,21,24)/t18-/m0/s1. The number of hydrogen-bond donors (Lipinski definition) is 2. The van der Waals surface area contributed by atoms with Crippen molar-refractivity contribution in [2.24, 2.45) is 0 Å². The van der Waals surface area contributed by atoms with Gasteiger partial charge in [0.2, 0.25) is 0 Å². The quantitative estimate of drug-likeness (QED) is 0.847. The first-order valence-electron chi connectivity index (χ1n) is 8.92. The van der Waals surface area contributed by atoms with Gasteiger partial charge in [-0.1, -0.05) is 41.9 Å². The minimum absolute atomic E-state index is 0.161. The zero-order chi connectivity index (χ0) is 17.5. The maximum atomic E-state index is 12.0. The van der Waals surface area contributed by atoms with Crippen LogP contribution in [0.1, 0.15) is 36.3 Å². The molecule has 6 nitrogen and oxygen atoms in total. The fourth-order valence-electron chi connectivity index (χ4n) is 3.26. The molecule has 6 heteroatoms. The van der Waals surface area contributed by atoms with Crippen LogP contribution >= 0.6 is 0 Å². The molecule has 0 saturated carbocycles. The van der Waals surface area contributed by atoms with Crippen molar-refractivity contribution in [3.8, 4) is 0 Å². The largest absolute Gasteiger partial charge is 0.361 e. The second kappa shape index (κ2) is 8.67. The van der Waals surface area contributed by atoms with Gasteiger partial charge in [0.25, 0.3) is 0 Å². The zero-order valence-electron chi connectivity index (χ0n) is 14.7. The summed E-state index contributed by atoms with van der Waals surface area (Å²) < 4.78 is 4.99. The average molecular weight is 342 g/mol. The molecular weight excluding hydrogens is 316 g/mol. The van der Waals surface area contributed by atoms with Gasteiger partial charge in [0.15, 0.2) is 0 Å². The molecule has 1 aliphatic heterocycles. The van der Waals surface area contributed by atoms with E-state index >= 15 is 0 Å². The van der Waals surface area contributed by atoms with Gasteiger partial charge in [0.05, 0.1) is 6.54 Å². The fraction of sp³-hybridized carbons (Fsp3) is 0.474. The number of nitrogens with one attached hydrogen (secondary N) is 2. The predicted molar refractivity (Wildman–Crippen MR) is 96.0 cm³/mol. The van der Waals surface area contributed by atoms with E-state index in [2.05, 4.69) is 45.0 Å². The molecule has 0 radical (unpaired) electrons. The summed E-state index contributed by atoms with van der Waals surface area (Å²) in [5.74, 6) is 0.746. The molecule has 2 heterocycles.